The number of carbonyl (C=O) groups excluding carboxylic acids is 1. The van der Waals surface area contributed by atoms with Gasteiger partial charge in [0.1, 0.15) is 6.10 Å². The summed E-state index contributed by atoms with van der Waals surface area (Å²) in [4.78, 5) is 12.7. The Bertz CT molecular complexity index is 182. The summed E-state index contributed by atoms with van der Waals surface area (Å²) in [5.74, 6) is 0.365. The number of ether oxygens (including phenoxy) is 1. The Hall–Kier alpha value is -0.770. The molecule has 1 aliphatic carbocycles. The maximum absolute atomic E-state index is 11.2. The first-order valence-corrected chi connectivity index (χ1v) is 4.73. The minimum Gasteiger partial charge on any atom is -0.446 e. The topological polar surface area (TPSA) is 55.6 Å². The van der Waals surface area contributed by atoms with Gasteiger partial charge >= 0.3 is 6.09 Å². The fraction of sp³-hybridized carbons (Fsp3) is 0.889. The van der Waals surface area contributed by atoms with Gasteiger partial charge in [0.25, 0.3) is 0 Å². The van der Waals surface area contributed by atoms with E-state index < -0.39 is 0 Å². The van der Waals surface area contributed by atoms with Crippen LogP contribution < -0.4 is 5.73 Å². The summed E-state index contributed by atoms with van der Waals surface area (Å²) in [7, 11) is 3.38. The van der Waals surface area contributed by atoms with E-state index in [1.165, 1.54) is 4.90 Å². The summed E-state index contributed by atoms with van der Waals surface area (Å²) in [6.07, 6.45) is 2.95. The standard InChI is InChI=1S/C9H18N2O2/c1-11(2)9(12)13-8-5-3-4-7(8)6-10/h7-8H,3-6,10H2,1-2H3. The highest BCUT2D eigenvalue weighted by molar-refractivity contribution is 5.67. The van der Waals surface area contributed by atoms with Crippen LogP contribution in [0.15, 0.2) is 0 Å². The second kappa shape index (κ2) is 4.46. The van der Waals surface area contributed by atoms with Gasteiger partial charge in [-0.05, 0) is 25.8 Å². The molecule has 1 rings (SSSR count). The lowest BCUT2D eigenvalue weighted by atomic mass is 10.1. The molecule has 0 heterocycles. The second-order valence-corrected chi connectivity index (χ2v) is 3.74. The van der Waals surface area contributed by atoms with Crippen LogP contribution in [0.2, 0.25) is 0 Å². The third-order valence-corrected chi connectivity index (χ3v) is 2.51. The average Bonchev–Trinajstić information content (AvgIpc) is 2.51. The van der Waals surface area contributed by atoms with Crippen molar-refractivity contribution in [1.82, 2.24) is 4.90 Å². The van der Waals surface area contributed by atoms with Crippen molar-refractivity contribution in [3.05, 3.63) is 0 Å². The predicted molar refractivity (Wildman–Crippen MR) is 50.4 cm³/mol. The van der Waals surface area contributed by atoms with Crippen molar-refractivity contribution in [3.8, 4) is 0 Å². The van der Waals surface area contributed by atoms with Crippen molar-refractivity contribution < 1.29 is 9.53 Å². The molecule has 76 valence electrons. The van der Waals surface area contributed by atoms with Gasteiger partial charge in [0.05, 0.1) is 0 Å². The molecule has 0 aromatic carbocycles. The summed E-state index contributed by atoms with van der Waals surface area (Å²) in [6, 6.07) is 0. The molecule has 0 saturated heterocycles. The van der Waals surface area contributed by atoms with E-state index in [2.05, 4.69) is 0 Å². The van der Waals surface area contributed by atoms with E-state index in [-0.39, 0.29) is 12.2 Å². The van der Waals surface area contributed by atoms with Gasteiger partial charge in [-0.25, -0.2) is 4.79 Å². The fourth-order valence-corrected chi connectivity index (χ4v) is 1.66. The molecule has 0 aromatic heterocycles. The first kappa shape index (κ1) is 10.3. The number of hydrogen-bond acceptors (Lipinski definition) is 3. The Morgan fingerprint density at radius 1 is 1.54 bits per heavy atom. The number of amides is 1. The van der Waals surface area contributed by atoms with Gasteiger partial charge in [-0.1, -0.05) is 0 Å². The minimum absolute atomic E-state index is 0.0416. The highest BCUT2D eigenvalue weighted by atomic mass is 16.6. The molecule has 4 nitrogen and oxygen atoms in total. The molecular weight excluding hydrogens is 168 g/mol. The Morgan fingerprint density at radius 3 is 2.77 bits per heavy atom. The van der Waals surface area contributed by atoms with Crippen molar-refractivity contribution in [2.75, 3.05) is 20.6 Å². The van der Waals surface area contributed by atoms with Gasteiger partial charge in [-0.3, -0.25) is 0 Å². The molecule has 1 aliphatic rings. The summed E-state index contributed by atoms with van der Waals surface area (Å²) >= 11 is 0. The van der Waals surface area contributed by atoms with Crippen molar-refractivity contribution in [1.29, 1.82) is 0 Å². The second-order valence-electron chi connectivity index (χ2n) is 3.74. The van der Waals surface area contributed by atoms with E-state index >= 15 is 0 Å². The lowest BCUT2D eigenvalue weighted by Gasteiger charge is -2.20. The Kier molecular flexibility index (Phi) is 3.54. The van der Waals surface area contributed by atoms with Gasteiger partial charge in [-0.15, -0.1) is 0 Å². The largest absolute Gasteiger partial charge is 0.446 e. The molecule has 13 heavy (non-hydrogen) atoms. The van der Waals surface area contributed by atoms with Crippen LogP contribution in [0.1, 0.15) is 19.3 Å². The molecule has 0 bridgehead atoms. The monoisotopic (exact) mass is 186 g/mol. The van der Waals surface area contributed by atoms with Gasteiger partial charge in [0.15, 0.2) is 0 Å². The molecule has 2 N–H and O–H groups in total. The maximum Gasteiger partial charge on any atom is 0.409 e. The lowest BCUT2D eigenvalue weighted by Crippen LogP contribution is -2.32. The van der Waals surface area contributed by atoms with Crippen LogP contribution in [0.25, 0.3) is 0 Å². The molecule has 0 radical (unpaired) electrons. The van der Waals surface area contributed by atoms with E-state index in [0.29, 0.717) is 12.5 Å². The molecule has 0 aromatic rings. The first-order valence-electron chi connectivity index (χ1n) is 4.73. The molecule has 0 spiro atoms. The van der Waals surface area contributed by atoms with Gasteiger partial charge in [0.2, 0.25) is 0 Å². The van der Waals surface area contributed by atoms with Crippen molar-refractivity contribution in [2.45, 2.75) is 25.4 Å². The summed E-state index contributed by atoms with van der Waals surface area (Å²) < 4.78 is 5.28. The van der Waals surface area contributed by atoms with E-state index in [4.69, 9.17) is 10.5 Å². The summed E-state index contributed by atoms with van der Waals surface area (Å²) in [5.41, 5.74) is 5.57. The zero-order valence-corrected chi connectivity index (χ0v) is 8.32. The van der Waals surface area contributed by atoms with Crippen LogP contribution in [-0.4, -0.2) is 37.7 Å². The smallest absolute Gasteiger partial charge is 0.409 e. The predicted octanol–water partition coefficient (Wildman–Crippen LogP) is 0.812. The van der Waals surface area contributed by atoms with E-state index in [0.717, 1.165) is 19.3 Å². The average molecular weight is 186 g/mol. The first-order chi connectivity index (χ1) is 6.15. The molecule has 1 amide bonds. The van der Waals surface area contributed by atoms with Gasteiger partial charge in [0, 0.05) is 20.0 Å². The Labute approximate surface area is 79.0 Å². The number of rotatable bonds is 2. The molecule has 4 heteroatoms. The number of nitrogens with zero attached hydrogens (tertiary/aromatic N) is 1. The SMILES string of the molecule is CN(C)C(=O)OC1CCCC1CN. The quantitative estimate of drug-likeness (QED) is 0.694. The maximum atomic E-state index is 11.2. The lowest BCUT2D eigenvalue weighted by molar-refractivity contribution is 0.0576. The van der Waals surface area contributed by atoms with E-state index in [1.807, 2.05) is 0 Å². The summed E-state index contributed by atoms with van der Waals surface area (Å²) in [5, 5.41) is 0. The van der Waals surface area contributed by atoms with Crippen LogP contribution in [0.5, 0.6) is 0 Å². The van der Waals surface area contributed by atoms with Crippen molar-refractivity contribution in [3.63, 3.8) is 0 Å². The van der Waals surface area contributed by atoms with Crippen LogP contribution in [-0.2, 0) is 4.74 Å². The van der Waals surface area contributed by atoms with Crippen LogP contribution >= 0.6 is 0 Å². The van der Waals surface area contributed by atoms with E-state index in [9.17, 15) is 4.79 Å². The Balaban J connectivity index is 2.39. The normalized spacial score (nSPS) is 27.3. The van der Waals surface area contributed by atoms with Crippen molar-refractivity contribution >= 4 is 6.09 Å². The van der Waals surface area contributed by atoms with Gasteiger partial charge in [-0.2, -0.15) is 0 Å². The van der Waals surface area contributed by atoms with E-state index in [1.54, 1.807) is 14.1 Å². The van der Waals surface area contributed by atoms with Gasteiger partial charge < -0.3 is 15.4 Å². The highest BCUT2D eigenvalue weighted by Crippen LogP contribution is 2.27. The molecule has 1 fully saturated rings. The zero-order valence-electron chi connectivity index (χ0n) is 8.32. The third-order valence-electron chi connectivity index (χ3n) is 2.51. The summed E-state index contributed by atoms with van der Waals surface area (Å²) in [6.45, 7) is 0.616. The minimum atomic E-state index is -0.259. The molecular formula is C9H18N2O2. The van der Waals surface area contributed by atoms with Crippen LogP contribution in [0, 0.1) is 5.92 Å². The highest BCUT2D eigenvalue weighted by Gasteiger charge is 2.29. The Morgan fingerprint density at radius 2 is 2.23 bits per heavy atom. The van der Waals surface area contributed by atoms with Crippen LogP contribution in [0.3, 0.4) is 0 Å². The number of hydrogen-bond donors (Lipinski definition) is 1. The van der Waals surface area contributed by atoms with Crippen molar-refractivity contribution in [2.24, 2.45) is 11.7 Å². The molecule has 2 unspecified atom stereocenters. The third kappa shape index (κ3) is 2.59. The molecule has 0 aliphatic heterocycles. The molecule has 2 atom stereocenters. The number of nitrogens with two attached hydrogens (primary N) is 1. The zero-order chi connectivity index (χ0) is 9.84. The van der Waals surface area contributed by atoms with Crippen LogP contribution in [0.4, 0.5) is 4.79 Å². The number of carbonyl (C=O) groups is 1. The molecule has 1 saturated carbocycles. The fourth-order valence-electron chi connectivity index (χ4n) is 1.66.